The van der Waals surface area contributed by atoms with Gasteiger partial charge in [-0.05, 0) is 25.1 Å². The number of fused-ring (bicyclic) bond motifs is 1. The second-order valence-corrected chi connectivity index (χ2v) is 5.59. The lowest BCUT2D eigenvalue weighted by molar-refractivity contribution is 0.209. The molecule has 0 atom stereocenters. The van der Waals surface area contributed by atoms with Crippen LogP contribution in [0.2, 0.25) is 5.15 Å². The van der Waals surface area contributed by atoms with Gasteiger partial charge in [0.2, 0.25) is 0 Å². The topological polar surface area (TPSA) is 84.2 Å². The number of rotatable bonds is 2. The molecule has 3 aromatic rings. The van der Waals surface area contributed by atoms with Crippen molar-refractivity contribution in [1.29, 1.82) is 0 Å². The summed E-state index contributed by atoms with van der Waals surface area (Å²) in [5, 5.41) is 10.9. The molecular formula is C16H10ClF2N3O3. The van der Waals surface area contributed by atoms with Crippen LogP contribution in [0.1, 0.15) is 5.69 Å². The van der Waals surface area contributed by atoms with Gasteiger partial charge in [0.15, 0.2) is 5.43 Å². The van der Waals surface area contributed by atoms with E-state index < -0.39 is 23.4 Å². The summed E-state index contributed by atoms with van der Waals surface area (Å²) >= 11 is 5.88. The number of nitrogens with one attached hydrogen (secondary N) is 1. The van der Waals surface area contributed by atoms with Crippen molar-refractivity contribution in [2.24, 2.45) is 0 Å². The van der Waals surface area contributed by atoms with Crippen LogP contribution in [0.15, 0.2) is 35.1 Å². The molecule has 0 spiro atoms. The molecule has 2 N–H and O–H groups in total. The molecule has 0 saturated heterocycles. The molecule has 0 bridgehead atoms. The molecule has 0 aliphatic rings. The van der Waals surface area contributed by atoms with Crippen LogP contribution in [0.3, 0.4) is 0 Å². The fraction of sp³-hybridized carbons (Fsp3) is 0.0625. The predicted octanol–water partition coefficient (Wildman–Crippen LogP) is 3.72. The van der Waals surface area contributed by atoms with E-state index in [9.17, 15) is 18.4 Å². The third-order valence-electron chi connectivity index (χ3n) is 3.53. The standard InChI is InChI=1S/C16H10ClF2N3O3/c1-7-4-13(23)8-2-3-14(17)21-15(8)22(7)12-6-11(20-16(24)25)9(18)5-10(12)19/h2-6,20H,1H3,(H,24,25). The third kappa shape index (κ3) is 3.03. The molecule has 1 aromatic carbocycles. The lowest BCUT2D eigenvalue weighted by Crippen LogP contribution is -2.15. The number of hydrogen-bond donors (Lipinski definition) is 2. The van der Waals surface area contributed by atoms with Gasteiger partial charge in [-0.15, -0.1) is 0 Å². The van der Waals surface area contributed by atoms with Gasteiger partial charge in [0.1, 0.15) is 22.4 Å². The molecule has 25 heavy (non-hydrogen) atoms. The van der Waals surface area contributed by atoms with Crippen LogP contribution in [0, 0.1) is 18.6 Å². The first kappa shape index (κ1) is 16.8. The molecule has 2 heterocycles. The first-order valence-corrected chi connectivity index (χ1v) is 7.34. The lowest BCUT2D eigenvalue weighted by atomic mass is 10.2. The molecule has 0 saturated carbocycles. The van der Waals surface area contributed by atoms with Crippen molar-refractivity contribution >= 4 is 34.4 Å². The highest BCUT2D eigenvalue weighted by molar-refractivity contribution is 6.29. The summed E-state index contributed by atoms with van der Waals surface area (Å²) in [6.45, 7) is 1.54. The zero-order chi connectivity index (χ0) is 18.3. The Morgan fingerprint density at radius 3 is 2.64 bits per heavy atom. The summed E-state index contributed by atoms with van der Waals surface area (Å²) < 4.78 is 29.4. The van der Waals surface area contributed by atoms with Crippen LogP contribution in [0.5, 0.6) is 0 Å². The number of aryl methyl sites for hydroxylation is 1. The second-order valence-electron chi connectivity index (χ2n) is 5.20. The number of nitrogens with zero attached hydrogens (tertiary/aromatic N) is 2. The molecule has 6 nitrogen and oxygen atoms in total. The van der Waals surface area contributed by atoms with E-state index in [-0.39, 0.29) is 27.3 Å². The van der Waals surface area contributed by atoms with Crippen molar-refractivity contribution in [2.45, 2.75) is 6.92 Å². The average Bonchev–Trinajstić information content (AvgIpc) is 2.50. The normalized spacial score (nSPS) is 10.9. The first-order valence-electron chi connectivity index (χ1n) is 6.96. The summed E-state index contributed by atoms with van der Waals surface area (Å²) in [4.78, 5) is 26.9. The molecule has 2 aromatic heterocycles. The highest BCUT2D eigenvalue weighted by atomic mass is 35.5. The molecule has 3 rings (SSSR count). The number of aromatic nitrogens is 2. The Kier molecular flexibility index (Phi) is 4.13. The number of carbonyl (C=O) groups is 1. The van der Waals surface area contributed by atoms with Crippen LogP contribution < -0.4 is 10.7 Å². The molecule has 0 unspecified atom stereocenters. The predicted molar refractivity (Wildman–Crippen MR) is 88.7 cm³/mol. The maximum Gasteiger partial charge on any atom is 0.409 e. The van der Waals surface area contributed by atoms with Gasteiger partial charge in [0, 0.05) is 17.8 Å². The minimum Gasteiger partial charge on any atom is -0.465 e. The number of amides is 1. The van der Waals surface area contributed by atoms with Gasteiger partial charge in [-0.25, -0.2) is 18.6 Å². The zero-order valence-electron chi connectivity index (χ0n) is 12.7. The van der Waals surface area contributed by atoms with E-state index in [1.165, 1.54) is 29.7 Å². The molecule has 9 heteroatoms. The van der Waals surface area contributed by atoms with E-state index >= 15 is 0 Å². The average molecular weight is 366 g/mol. The highest BCUT2D eigenvalue weighted by Crippen LogP contribution is 2.26. The molecule has 128 valence electrons. The number of benzene rings is 1. The van der Waals surface area contributed by atoms with Gasteiger partial charge < -0.3 is 5.11 Å². The van der Waals surface area contributed by atoms with Crippen molar-refractivity contribution in [3.8, 4) is 5.69 Å². The van der Waals surface area contributed by atoms with Crippen molar-refractivity contribution in [3.63, 3.8) is 0 Å². The largest absolute Gasteiger partial charge is 0.465 e. The maximum atomic E-state index is 14.4. The Morgan fingerprint density at radius 1 is 1.24 bits per heavy atom. The summed E-state index contributed by atoms with van der Waals surface area (Å²) in [6, 6.07) is 5.67. The zero-order valence-corrected chi connectivity index (χ0v) is 13.4. The molecule has 1 amide bonds. The van der Waals surface area contributed by atoms with Crippen molar-refractivity contribution in [1.82, 2.24) is 9.55 Å². The number of carboxylic acid groups (broad SMARTS) is 1. The highest BCUT2D eigenvalue weighted by Gasteiger charge is 2.17. The maximum absolute atomic E-state index is 14.4. The first-order chi connectivity index (χ1) is 11.8. The monoisotopic (exact) mass is 365 g/mol. The fourth-order valence-electron chi connectivity index (χ4n) is 2.51. The fourth-order valence-corrected chi connectivity index (χ4v) is 2.65. The lowest BCUT2D eigenvalue weighted by Gasteiger charge is -2.16. The third-order valence-corrected chi connectivity index (χ3v) is 3.74. The Hall–Kier alpha value is -3.00. The van der Waals surface area contributed by atoms with Gasteiger partial charge in [0.05, 0.1) is 16.8 Å². The SMILES string of the molecule is Cc1cc(=O)c2ccc(Cl)nc2n1-c1cc(NC(=O)O)c(F)cc1F. The van der Waals surface area contributed by atoms with Crippen LogP contribution in [0.25, 0.3) is 16.7 Å². The van der Waals surface area contributed by atoms with E-state index in [1.54, 1.807) is 0 Å². The van der Waals surface area contributed by atoms with Crippen LogP contribution in [0.4, 0.5) is 19.3 Å². The van der Waals surface area contributed by atoms with Crippen LogP contribution >= 0.6 is 11.6 Å². The number of hydrogen-bond acceptors (Lipinski definition) is 3. The Morgan fingerprint density at radius 2 is 1.96 bits per heavy atom. The second kappa shape index (κ2) is 6.14. The Balaban J connectivity index is 2.39. The molecule has 0 fully saturated rings. The van der Waals surface area contributed by atoms with Gasteiger partial charge in [0.25, 0.3) is 0 Å². The van der Waals surface area contributed by atoms with Gasteiger partial charge in [-0.1, -0.05) is 11.6 Å². The van der Waals surface area contributed by atoms with Gasteiger partial charge in [-0.2, -0.15) is 0 Å². The van der Waals surface area contributed by atoms with Gasteiger partial charge >= 0.3 is 6.09 Å². The quantitative estimate of drug-likeness (QED) is 0.678. The van der Waals surface area contributed by atoms with Gasteiger partial charge in [-0.3, -0.25) is 14.7 Å². The smallest absolute Gasteiger partial charge is 0.409 e. The molecule has 0 radical (unpaired) electrons. The van der Waals surface area contributed by atoms with Crippen molar-refractivity contribution < 1.29 is 18.7 Å². The van der Waals surface area contributed by atoms with E-state index in [4.69, 9.17) is 16.7 Å². The van der Waals surface area contributed by atoms with Crippen LogP contribution in [-0.4, -0.2) is 20.8 Å². The number of halogens is 3. The minimum atomic E-state index is -1.50. The number of anilines is 1. The summed E-state index contributed by atoms with van der Waals surface area (Å²) in [6.07, 6.45) is -1.50. The minimum absolute atomic E-state index is 0.0734. The summed E-state index contributed by atoms with van der Waals surface area (Å²) in [5.74, 6) is -2.03. The Labute approximate surface area is 144 Å². The van der Waals surface area contributed by atoms with E-state index in [2.05, 4.69) is 4.98 Å². The van der Waals surface area contributed by atoms with Crippen molar-refractivity contribution in [2.75, 3.05) is 5.32 Å². The van der Waals surface area contributed by atoms with Crippen molar-refractivity contribution in [3.05, 3.63) is 63.0 Å². The molecular weight excluding hydrogens is 356 g/mol. The molecule has 0 aliphatic carbocycles. The van der Waals surface area contributed by atoms with E-state index in [0.29, 0.717) is 11.8 Å². The van der Waals surface area contributed by atoms with E-state index in [1.807, 2.05) is 5.32 Å². The Bertz CT molecular complexity index is 1080. The summed E-state index contributed by atoms with van der Waals surface area (Å²) in [5.41, 5.74) is -0.553. The number of pyridine rings is 2. The van der Waals surface area contributed by atoms with Crippen LogP contribution in [-0.2, 0) is 0 Å². The summed E-state index contributed by atoms with van der Waals surface area (Å²) in [7, 11) is 0. The molecule has 0 aliphatic heterocycles. The van der Waals surface area contributed by atoms with E-state index in [0.717, 1.165) is 6.07 Å².